The van der Waals surface area contributed by atoms with Gasteiger partial charge in [-0.25, -0.2) is 9.37 Å². The Morgan fingerprint density at radius 3 is 2.58 bits per heavy atom. The number of pyridine rings is 3. The van der Waals surface area contributed by atoms with E-state index >= 15 is 0 Å². The number of H-pyrrole nitrogens is 2. The number of anilines is 1. The topological polar surface area (TPSA) is 112 Å². The molecule has 3 N–H and O–H groups in total. The van der Waals surface area contributed by atoms with Gasteiger partial charge in [0.15, 0.2) is 0 Å². The van der Waals surface area contributed by atoms with Gasteiger partial charge in [-0.15, -0.1) is 0 Å². The minimum absolute atomic E-state index is 0.0483. The van der Waals surface area contributed by atoms with Crippen molar-refractivity contribution in [2.45, 2.75) is 20.3 Å². The zero-order valence-corrected chi connectivity index (χ0v) is 20.8. The van der Waals surface area contributed by atoms with Crippen LogP contribution < -0.4 is 5.32 Å². The van der Waals surface area contributed by atoms with Gasteiger partial charge in [0.05, 0.1) is 40.5 Å². The van der Waals surface area contributed by atoms with Gasteiger partial charge in [-0.3, -0.25) is 19.9 Å². The number of benzene rings is 1. The summed E-state index contributed by atoms with van der Waals surface area (Å²) in [5.41, 5.74) is 7.63. The van der Waals surface area contributed by atoms with Gasteiger partial charge in [-0.2, -0.15) is 5.10 Å². The molecule has 0 saturated heterocycles. The molecule has 5 aromatic heterocycles. The van der Waals surface area contributed by atoms with E-state index in [1.807, 2.05) is 38.1 Å². The van der Waals surface area contributed by atoms with Crippen molar-refractivity contribution in [1.29, 1.82) is 0 Å². The van der Waals surface area contributed by atoms with Gasteiger partial charge in [0.1, 0.15) is 17.0 Å². The molecule has 0 atom stereocenters. The van der Waals surface area contributed by atoms with Gasteiger partial charge in [0.25, 0.3) is 0 Å². The molecule has 1 aromatic carbocycles. The maximum absolute atomic E-state index is 13.5. The summed E-state index contributed by atoms with van der Waals surface area (Å²) < 4.78 is 13.5. The number of carbonyl (C=O) groups excluding carboxylic acids is 1. The minimum atomic E-state index is -0.285. The number of hydrogen-bond donors (Lipinski definition) is 3. The van der Waals surface area contributed by atoms with E-state index < -0.39 is 0 Å². The van der Waals surface area contributed by atoms with Crippen molar-refractivity contribution in [3.05, 3.63) is 79.1 Å². The van der Waals surface area contributed by atoms with E-state index in [2.05, 4.69) is 30.5 Å². The first-order valence-corrected chi connectivity index (χ1v) is 12.3. The molecule has 0 bridgehead atoms. The van der Waals surface area contributed by atoms with Crippen LogP contribution in [0.25, 0.3) is 55.7 Å². The molecule has 0 fully saturated rings. The Bertz CT molecular complexity index is 1790. The summed E-state index contributed by atoms with van der Waals surface area (Å²) in [4.78, 5) is 29.2. The third-order valence-electron chi connectivity index (χ3n) is 6.28. The third-order valence-corrected chi connectivity index (χ3v) is 6.28. The highest BCUT2D eigenvalue weighted by Crippen LogP contribution is 2.34. The minimum Gasteiger partial charge on any atom is -0.352 e. The summed E-state index contributed by atoms with van der Waals surface area (Å²) in [5.74, 6) is -0.0677. The Morgan fingerprint density at radius 1 is 0.947 bits per heavy atom. The molecule has 0 radical (unpaired) electrons. The summed E-state index contributed by atoms with van der Waals surface area (Å²) in [7, 11) is 0. The van der Waals surface area contributed by atoms with E-state index in [1.54, 1.807) is 36.9 Å². The summed E-state index contributed by atoms with van der Waals surface area (Å²) in [5, 5.41) is 11.4. The first-order chi connectivity index (χ1) is 18.4. The van der Waals surface area contributed by atoms with Gasteiger partial charge in [0.2, 0.25) is 5.91 Å². The molecule has 6 aromatic rings. The van der Waals surface area contributed by atoms with E-state index in [0.717, 1.165) is 38.8 Å². The normalized spacial score (nSPS) is 11.5. The molecule has 0 aliphatic rings. The van der Waals surface area contributed by atoms with Gasteiger partial charge >= 0.3 is 0 Å². The first kappa shape index (κ1) is 23.5. The number of carbonyl (C=O) groups is 1. The lowest BCUT2D eigenvalue weighted by molar-refractivity contribution is -0.116. The molecule has 0 saturated carbocycles. The van der Waals surface area contributed by atoms with Crippen LogP contribution in [0.5, 0.6) is 0 Å². The fraction of sp³-hybridized carbons (Fsp3) is 0.138. The number of hydrogen-bond acceptors (Lipinski definition) is 5. The average Bonchev–Trinajstić information content (AvgIpc) is 3.52. The van der Waals surface area contributed by atoms with Crippen LogP contribution in [0.2, 0.25) is 0 Å². The highest BCUT2D eigenvalue weighted by Gasteiger charge is 2.16. The Kier molecular flexibility index (Phi) is 5.88. The van der Waals surface area contributed by atoms with Crippen LogP contribution in [0.1, 0.15) is 20.3 Å². The molecule has 0 aliphatic heterocycles. The van der Waals surface area contributed by atoms with Crippen molar-refractivity contribution < 1.29 is 9.18 Å². The number of rotatable bonds is 6. The second kappa shape index (κ2) is 9.51. The highest BCUT2D eigenvalue weighted by molar-refractivity contribution is 6.00. The number of nitrogens with one attached hydrogen (secondary N) is 3. The number of aromatic amines is 2. The Hall–Kier alpha value is -4.92. The molecule has 0 unspecified atom stereocenters. The number of fused-ring (bicyclic) bond motifs is 2. The van der Waals surface area contributed by atoms with Gasteiger partial charge in [-0.1, -0.05) is 26.0 Å². The summed E-state index contributed by atoms with van der Waals surface area (Å²) in [6.45, 7) is 4.01. The number of aromatic nitrogens is 6. The molecule has 0 aliphatic carbocycles. The first-order valence-electron chi connectivity index (χ1n) is 12.3. The highest BCUT2D eigenvalue weighted by atomic mass is 19.1. The summed E-state index contributed by atoms with van der Waals surface area (Å²) in [6, 6.07) is 14.0. The average molecular weight is 506 g/mol. The number of amides is 1. The van der Waals surface area contributed by atoms with E-state index in [0.29, 0.717) is 29.0 Å². The van der Waals surface area contributed by atoms with E-state index in [-0.39, 0.29) is 17.6 Å². The molecule has 5 heterocycles. The quantitative estimate of drug-likeness (QED) is 0.244. The zero-order chi connectivity index (χ0) is 26.2. The Labute approximate surface area is 217 Å². The molecular formula is C29H24FN7O. The fourth-order valence-corrected chi connectivity index (χ4v) is 4.52. The largest absolute Gasteiger partial charge is 0.352 e. The zero-order valence-electron chi connectivity index (χ0n) is 20.8. The fourth-order valence-electron chi connectivity index (χ4n) is 4.52. The second-order valence-electron chi connectivity index (χ2n) is 9.61. The van der Waals surface area contributed by atoms with Crippen LogP contribution in [-0.4, -0.2) is 36.0 Å². The van der Waals surface area contributed by atoms with Gasteiger partial charge in [-0.05, 0) is 47.9 Å². The van der Waals surface area contributed by atoms with Crippen LogP contribution in [0.15, 0.2) is 73.3 Å². The van der Waals surface area contributed by atoms with E-state index in [9.17, 15) is 9.18 Å². The molecule has 8 nitrogen and oxygen atoms in total. The van der Waals surface area contributed by atoms with E-state index in [1.165, 1.54) is 12.1 Å². The lowest BCUT2D eigenvalue weighted by Gasteiger charge is -2.08. The van der Waals surface area contributed by atoms with E-state index in [4.69, 9.17) is 4.98 Å². The van der Waals surface area contributed by atoms with Crippen molar-refractivity contribution in [3.63, 3.8) is 0 Å². The predicted molar refractivity (Wildman–Crippen MR) is 146 cm³/mol. The molecule has 1 amide bonds. The van der Waals surface area contributed by atoms with Crippen molar-refractivity contribution in [2.24, 2.45) is 5.92 Å². The van der Waals surface area contributed by atoms with Crippen molar-refractivity contribution in [1.82, 2.24) is 30.1 Å². The smallest absolute Gasteiger partial charge is 0.224 e. The molecule has 9 heteroatoms. The standard InChI is InChI=1S/C29H24FN7O/c1-16(2)9-27(38)33-20-10-18(12-31-13-20)23-7-8-24-28(35-23)29(37-36-24)25-11-21-22(14-32-15-26(21)34-25)17-3-5-19(30)6-4-17/h3-8,10-16,34H,9H2,1-2H3,(H,33,38)(H,36,37). The Morgan fingerprint density at radius 2 is 1.76 bits per heavy atom. The molecule has 6 rings (SSSR count). The van der Waals surface area contributed by atoms with Crippen LogP contribution >= 0.6 is 0 Å². The van der Waals surface area contributed by atoms with Crippen LogP contribution in [0.4, 0.5) is 10.1 Å². The monoisotopic (exact) mass is 505 g/mol. The third kappa shape index (κ3) is 4.50. The SMILES string of the molecule is CC(C)CC(=O)Nc1cncc(-c2ccc3[nH]nc(-c4cc5c(-c6ccc(F)cc6)cncc5[nH]4)c3n2)c1. The lowest BCUT2D eigenvalue weighted by atomic mass is 10.0. The van der Waals surface area contributed by atoms with Crippen LogP contribution in [0, 0.1) is 11.7 Å². The molecule has 0 spiro atoms. The van der Waals surface area contributed by atoms with Gasteiger partial charge < -0.3 is 10.3 Å². The summed E-state index contributed by atoms with van der Waals surface area (Å²) in [6.07, 6.45) is 7.31. The molecule has 38 heavy (non-hydrogen) atoms. The van der Waals surface area contributed by atoms with Gasteiger partial charge in [0, 0.05) is 35.3 Å². The Balaban J connectivity index is 1.38. The summed E-state index contributed by atoms with van der Waals surface area (Å²) >= 11 is 0. The van der Waals surface area contributed by atoms with Crippen LogP contribution in [0.3, 0.4) is 0 Å². The number of halogens is 1. The van der Waals surface area contributed by atoms with Crippen molar-refractivity contribution in [3.8, 4) is 33.8 Å². The van der Waals surface area contributed by atoms with Crippen molar-refractivity contribution >= 4 is 33.5 Å². The second-order valence-corrected chi connectivity index (χ2v) is 9.61. The maximum atomic E-state index is 13.5. The van der Waals surface area contributed by atoms with Crippen molar-refractivity contribution in [2.75, 3.05) is 5.32 Å². The molecule has 188 valence electrons. The lowest BCUT2D eigenvalue weighted by Crippen LogP contribution is -2.13. The maximum Gasteiger partial charge on any atom is 0.224 e. The van der Waals surface area contributed by atoms with Crippen LogP contribution in [-0.2, 0) is 4.79 Å². The predicted octanol–water partition coefficient (Wildman–Crippen LogP) is 6.35. The molecular weight excluding hydrogens is 481 g/mol. The number of nitrogens with zero attached hydrogens (tertiary/aromatic N) is 4.